The van der Waals surface area contributed by atoms with Crippen molar-refractivity contribution in [3.63, 3.8) is 0 Å². The van der Waals surface area contributed by atoms with Crippen LogP contribution in [0.3, 0.4) is 0 Å². The van der Waals surface area contributed by atoms with Gasteiger partial charge in [0.25, 0.3) is 0 Å². The predicted molar refractivity (Wildman–Crippen MR) is 53.2 cm³/mol. The molecule has 1 unspecified atom stereocenters. The normalized spacial score (nSPS) is 12.9. The van der Waals surface area contributed by atoms with Crippen LogP contribution >= 0.6 is 11.8 Å². The lowest BCUT2D eigenvalue weighted by Gasteiger charge is -2.07. The van der Waals surface area contributed by atoms with Crippen LogP contribution in [0, 0.1) is 0 Å². The molecule has 2 nitrogen and oxygen atoms in total. The molecule has 1 aromatic heterocycles. The van der Waals surface area contributed by atoms with Gasteiger partial charge >= 0.3 is 0 Å². The summed E-state index contributed by atoms with van der Waals surface area (Å²) in [4.78, 5) is 5.46. The monoisotopic (exact) mass is 182 g/mol. The van der Waals surface area contributed by atoms with Gasteiger partial charge < -0.3 is 5.73 Å². The van der Waals surface area contributed by atoms with E-state index in [1.54, 1.807) is 11.8 Å². The second kappa shape index (κ2) is 4.48. The van der Waals surface area contributed by atoms with E-state index in [0.717, 1.165) is 12.1 Å². The number of hydrogen-bond donors (Lipinski definition) is 1. The molecule has 0 saturated carbocycles. The van der Waals surface area contributed by atoms with Crippen molar-refractivity contribution in [3.8, 4) is 0 Å². The van der Waals surface area contributed by atoms with Gasteiger partial charge in [0, 0.05) is 17.1 Å². The first kappa shape index (κ1) is 9.55. The van der Waals surface area contributed by atoms with Crippen molar-refractivity contribution in [2.45, 2.75) is 24.3 Å². The van der Waals surface area contributed by atoms with Gasteiger partial charge in [-0.3, -0.25) is 4.98 Å². The molecule has 0 aromatic carbocycles. The lowest BCUT2D eigenvalue weighted by atomic mass is 10.1. The van der Waals surface area contributed by atoms with E-state index in [0.29, 0.717) is 0 Å². The first-order chi connectivity index (χ1) is 5.77. The molecule has 1 rings (SSSR count). The van der Waals surface area contributed by atoms with Crippen molar-refractivity contribution >= 4 is 11.8 Å². The van der Waals surface area contributed by atoms with E-state index in [4.69, 9.17) is 5.73 Å². The van der Waals surface area contributed by atoms with Crippen LogP contribution < -0.4 is 5.73 Å². The highest BCUT2D eigenvalue weighted by atomic mass is 32.2. The third kappa shape index (κ3) is 2.22. The highest BCUT2D eigenvalue weighted by molar-refractivity contribution is 7.98. The van der Waals surface area contributed by atoms with Gasteiger partial charge in [0.1, 0.15) is 0 Å². The Bertz CT molecular complexity index is 233. The van der Waals surface area contributed by atoms with Gasteiger partial charge in [-0.15, -0.1) is 11.8 Å². The summed E-state index contributed by atoms with van der Waals surface area (Å²) in [6.07, 6.45) is 4.84. The molecule has 3 heteroatoms. The van der Waals surface area contributed by atoms with E-state index in [9.17, 15) is 0 Å². The highest BCUT2D eigenvalue weighted by Gasteiger charge is 2.03. The van der Waals surface area contributed by atoms with Crippen molar-refractivity contribution in [2.24, 2.45) is 5.73 Å². The van der Waals surface area contributed by atoms with Crippen LogP contribution in [0.25, 0.3) is 0 Å². The molecule has 0 aliphatic carbocycles. The summed E-state index contributed by atoms with van der Waals surface area (Å²) in [6, 6.07) is 4.14. The number of nitrogens with zero attached hydrogens (tertiary/aromatic N) is 1. The van der Waals surface area contributed by atoms with E-state index in [1.807, 2.05) is 18.5 Å². The molecule has 0 saturated heterocycles. The summed E-state index contributed by atoms with van der Waals surface area (Å²) < 4.78 is 0. The Morgan fingerprint density at radius 3 is 2.75 bits per heavy atom. The molecule has 0 aliphatic rings. The van der Waals surface area contributed by atoms with Crippen LogP contribution in [0.15, 0.2) is 23.2 Å². The molecule has 0 aliphatic heterocycles. The molecule has 66 valence electrons. The van der Waals surface area contributed by atoms with Crippen LogP contribution in [0.1, 0.15) is 25.1 Å². The SMILES string of the molecule is CCC(N)c1ccc(SC)cn1. The van der Waals surface area contributed by atoms with Gasteiger partial charge in [-0.1, -0.05) is 6.92 Å². The molecular formula is C9H14N2S. The molecule has 0 bridgehead atoms. The fourth-order valence-electron chi connectivity index (χ4n) is 0.941. The maximum atomic E-state index is 5.82. The maximum Gasteiger partial charge on any atom is 0.0571 e. The van der Waals surface area contributed by atoms with Gasteiger partial charge in [-0.2, -0.15) is 0 Å². The zero-order valence-electron chi connectivity index (χ0n) is 7.45. The van der Waals surface area contributed by atoms with Crippen LogP contribution in [0.5, 0.6) is 0 Å². The number of aromatic nitrogens is 1. The predicted octanol–water partition coefficient (Wildman–Crippen LogP) is 2.21. The highest BCUT2D eigenvalue weighted by Crippen LogP contribution is 2.16. The zero-order valence-corrected chi connectivity index (χ0v) is 8.27. The van der Waals surface area contributed by atoms with Gasteiger partial charge in [-0.25, -0.2) is 0 Å². The molecule has 0 fully saturated rings. The van der Waals surface area contributed by atoms with Crippen LogP contribution in [-0.2, 0) is 0 Å². The van der Waals surface area contributed by atoms with Crippen molar-refractivity contribution in [1.29, 1.82) is 0 Å². The van der Waals surface area contributed by atoms with Gasteiger partial charge in [0.05, 0.1) is 5.69 Å². The average Bonchev–Trinajstić information content (AvgIpc) is 2.17. The molecule has 0 spiro atoms. The van der Waals surface area contributed by atoms with Crippen molar-refractivity contribution in [2.75, 3.05) is 6.26 Å². The first-order valence-electron chi connectivity index (χ1n) is 4.03. The topological polar surface area (TPSA) is 38.9 Å². The third-order valence-electron chi connectivity index (χ3n) is 1.81. The second-order valence-corrected chi connectivity index (χ2v) is 3.52. The summed E-state index contributed by atoms with van der Waals surface area (Å²) in [6.45, 7) is 2.06. The Kier molecular flexibility index (Phi) is 3.56. The van der Waals surface area contributed by atoms with Crippen molar-refractivity contribution < 1.29 is 0 Å². The van der Waals surface area contributed by atoms with E-state index < -0.39 is 0 Å². The Morgan fingerprint density at radius 2 is 2.33 bits per heavy atom. The van der Waals surface area contributed by atoms with Crippen molar-refractivity contribution in [1.82, 2.24) is 4.98 Å². The van der Waals surface area contributed by atoms with Gasteiger partial charge in [0.2, 0.25) is 0 Å². The van der Waals surface area contributed by atoms with E-state index in [-0.39, 0.29) is 6.04 Å². The minimum absolute atomic E-state index is 0.0842. The number of nitrogens with two attached hydrogens (primary N) is 1. The third-order valence-corrected chi connectivity index (χ3v) is 2.53. The van der Waals surface area contributed by atoms with E-state index in [2.05, 4.69) is 18.0 Å². The second-order valence-electron chi connectivity index (χ2n) is 2.64. The molecule has 12 heavy (non-hydrogen) atoms. The standard InChI is InChI=1S/C9H14N2S/c1-3-8(10)9-5-4-7(12-2)6-11-9/h4-6,8H,3,10H2,1-2H3. The summed E-state index contributed by atoms with van der Waals surface area (Å²) in [5, 5.41) is 0. The molecular weight excluding hydrogens is 168 g/mol. The zero-order chi connectivity index (χ0) is 8.97. The summed E-state index contributed by atoms with van der Waals surface area (Å²) in [7, 11) is 0. The molecule has 0 amide bonds. The quantitative estimate of drug-likeness (QED) is 0.728. The van der Waals surface area contributed by atoms with Gasteiger partial charge in [0.15, 0.2) is 0 Å². The number of pyridine rings is 1. The Hall–Kier alpha value is -0.540. The minimum Gasteiger partial charge on any atom is -0.323 e. The summed E-state index contributed by atoms with van der Waals surface area (Å²) in [5.41, 5.74) is 6.80. The maximum absolute atomic E-state index is 5.82. The van der Waals surface area contributed by atoms with E-state index in [1.165, 1.54) is 4.90 Å². The summed E-state index contributed by atoms with van der Waals surface area (Å²) in [5.74, 6) is 0. The lowest BCUT2D eigenvalue weighted by molar-refractivity contribution is 0.674. The molecule has 1 aromatic rings. The molecule has 1 heterocycles. The van der Waals surface area contributed by atoms with Crippen LogP contribution in [0.2, 0.25) is 0 Å². The molecule has 0 radical (unpaired) electrons. The summed E-state index contributed by atoms with van der Waals surface area (Å²) >= 11 is 1.69. The minimum atomic E-state index is 0.0842. The lowest BCUT2D eigenvalue weighted by Crippen LogP contribution is -2.10. The molecule has 1 atom stereocenters. The Labute approximate surface area is 77.6 Å². The smallest absolute Gasteiger partial charge is 0.0571 e. The van der Waals surface area contributed by atoms with E-state index >= 15 is 0 Å². The number of hydrogen-bond acceptors (Lipinski definition) is 3. The molecule has 2 N–H and O–H groups in total. The van der Waals surface area contributed by atoms with Crippen LogP contribution in [-0.4, -0.2) is 11.2 Å². The Morgan fingerprint density at radius 1 is 1.58 bits per heavy atom. The number of thioether (sulfide) groups is 1. The van der Waals surface area contributed by atoms with Crippen molar-refractivity contribution in [3.05, 3.63) is 24.0 Å². The largest absolute Gasteiger partial charge is 0.323 e. The average molecular weight is 182 g/mol. The fraction of sp³-hybridized carbons (Fsp3) is 0.444. The first-order valence-corrected chi connectivity index (χ1v) is 5.26. The fourth-order valence-corrected chi connectivity index (χ4v) is 1.30. The van der Waals surface area contributed by atoms with Crippen LogP contribution in [0.4, 0.5) is 0 Å². The number of rotatable bonds is 3. The van der Waals surface area contributed by atoms with Gasteiger partial charge in [-0.05, 0) is 24.8 Å². The Balaban J connectivity index is 2.77.